The zero-order chi connectivity index (χ0) is 28.2. The number of aliphatic hydroxyl groups excluding tert-OH is 2. The highest BCUT2D eigenvalue weighted by molar-refractivity contribution is 7.17. The van der Waals surface area contributed by atoms with Crippen molar-refractivity contribution in [3.8, 4) is 0 Å². The predicted octanol–water partition coefficient (Wildman–Crippen LogP) is 4.34. The van der Waals surface area contributed by atoms with E-state index in [1.807, 2.05) is 0 Å². The Morgan fingerprint density at radius 3 is 2.54 bits per heavy atom. The van der Waals surface area contributed by atoms with E-state index in [0.29, 0.717) is 53.7 Å². The lowest BCUT2D eigenvalue weighted by Crippen LogP contribution is -2.36. The zero-order valence-electron chi connectivity index (χ0n) is 21.0. The van der Waals surface area contributed by atoms with Crippen molar-refractivity contribution in [2.75, 3.05) is 47.1 Å². The van der Waals surface area contributed by atoms with Gasteiger partial charge >= 0.3 is 6.18 Å². The van der Waals surface area contributed by atoms with E-state index in [1.54, 1.807) is 24.0 Å². The summed E-state index contributed by atoms with van der Waals surface area (Å²) in [6.07, 6.45) is -2.89. The highest BCUT2D eigenvalue weighted by atomic mass is 32.1. The molecule has 0 bridgehead atoms. The largest absolute Gasteiger partial charge is 0.416 e. The summed E-state index contributed by atoms with van der Waals surface area (Å²) >= 11 is 1.11. The SMILES string of the molecule is Cc1ccc(NC(=O)c2cc(N3CCC(O)CC3)cc(C(F)(F)F)c2)cc1NC(=O)c1cnc(NCCO)s1. The van der Waals surface area contributed by atoms with Gasteiger partial charge in [0.2, 0.25) is 0 Å². The molecule has 1 aliphatic heterocycles. The second kappa shape index (κ2) is 12.0. The maximum Gasteiger partial charge on any atom is 0.416 e. The van der Waals surface area contributed by atoms with Gasteiger partial charge < -0.3 is 31.1 Å². The van der Waals surface area contributed by atoms with Crippen molar-refractivity contribution >= 4 is 45.3 Å². The first-order valence-corrected chi connectivity index (χ1v) is 13.0. The number of amides is 2. The molecule has 0 aliphatic carbocycles. The number of aryl methyl sites for hydroxylation is 1. The van der Waals surface area contributed by atoms with E-state index in [9.17, 15) is 27.9 Å². The number of nitrogens with zero attached hydrogens (tertiary/aromatic N) is 2. The van der Waals surface area contributed by atoms with Crippen molar-refractivity contribution < 1.29 is 33.0 Å². The maximum atomic E-state index is 13.6. The number of rotatable bonds is 8. The van der Waals surface area contributed by atoms with Crippen LogP contribution in [0, 0.1) is 6.92 Å². The van der Waals surface area contributed by atoms with Crippen LogP contribution in [0.25, 0.3) is 0 Å². The maximum absolute atomic E-state index is 13.6. The fourth-order valence-electron chi connectivity index (χ4n) is 4.06. The van der Waals surface area contributed by atoms with Gasteiger partial charge in [0.25, 0.3) is 11.8 Å². The fourth-order valence-corrected chi connectivity index (χ4v) is 4.79. The van der Waals surface area contributed by atoms with Gasteiger partial charge in [-0.25, -0.2) is 4.98 Å². The first-order valence-electron chi connectivity index (χ1n) is 12.2. The van der Waals surface area contributed by atoms with Gasteiger partial charge in [0.05, 0.1) is 24.5 Å². The monoisotopic (exact) mass is 563 g/mol. The molecule has 5 N–H and O–H groups in total. The van der Waals surface area contributed by atoms with E-state index < -0.39 is 29.7 Å². The molecule has 0 spiro atoms. The fraction of sp³-hybridized carbons (Fsp3) is 0.346. The smallest absolute Gasteiger partial charge is 0.395 e. The minimum Gasteiger partial charge on any atom is -0.395 e. The lowest BCUT2D eigenvalue weighted by molar-refractivity contribution is -0.137. The van der Waals surface area contributed by atoms with Gasteiger partial charge in [-0.3, -0.25) is 9.59 Å². The molecule has 208 valence electrons. The summed E-state index contributed by atoms with van der Waals surface area (Å²) in [5.41, 5.74) is 0.563. The molecule has 0 atom stereocenters. The molecule has 39 heavy (non-hydrogen) atoms. The number of thiazole rings is 1. The minimum absolute atomic E-state index is 0.0803. The molecule has 13 heteroatoms. The summed E-state index contributed by atoms with van der Waals surface area (Å²) < 4.78 is 40.9. The Balaban J connectivity index is 1.52. The Labute approximate surface area is 226 Å². The molecular formula is C26H28F3N5O4S. The number of benzene rings is 2. The van der Waals surface area contributed by atoms with Gasteiger partial charge in [-0.2, -0.15) is 13.2 Å². The molecule has 4 rings (SSSR count). The molecular weight excluding hydrogens is 535 g/mol. The first-order chi connectivity index (χ1) is 18.5. The number of nitrogens with one attached hydrogen (secondary N) is 3. The summed E-state index contributed by atoms with van der Waals surface area (Å²) in [6.45, 7) is 2.73. The van der Waals surface area contributed by atoms with Gasteiger partial charge in [-0.15, -0.1) is 0 Å². The Kier molecular flexibility index (Phi) is 8.73. The summed E-state index contributed by atoms with van der Waals surface area (Å²) in [6, 6.07) is 8.01. The summed E-state index contributed by atoms with van der Waals surface area (Å²) in [7, 11) is 0. The van der Waals surface area contributed by atoms with Crippen molar-refractivity contribution in [3.05, 3.63) is 64.2 Å². The number of piperidine rings is 1. The third kappa shape index (κ3) is 7.25. The number of halogens is 3. The molecule has 0 radical (unpaired) electrons. The molecule has 1 fully saturated rings. The first kappa shape index (κ1) is 28.3. The Bertz CT molecular complexity index is 1340. The van der Waals surface area contributed by atoms with Crippen LogP contribution in [-0.2, 0) is 6.18 Å². The van der Waals surface area contributed by atoms with Gasteiger partial charge in [0, 0.05) is 42.3 Å². The Morgan fingerprint density at radius 2 is 1.85 bits per heavy atom. The minimum atomic E-state index is -4.65. The number of carbonyl (C=O) groups is 2. The highest BCUT2D eigenvalue weighted by Crippen LogP contribution is 2.34. The van der Waals surface area contributed by atoms with E-state index in [0.717, 1.165) is 23.5 Å². The van der Waals surface area contributed by atoms with Crippen LogP contribution >= 0.6 is 11.3 Å². The van der Waals surface area contributed by atoms with E-state index >= 15 is 0 Å². The van der Waals surface area contributed by atoms with Gasteiger partial charge in [-0.1, -0.05) is 17.4 Å². The third-order valence-corrected chi connectivity index (χ3v) is 7.15. The number of hydrogen-bond acceptors (Lipinski definition) is 8. The van der Waals surface area contributed by atoms with Crippen molar-refractivity contribution in [2.45, 2.75) is 32.0 Å². The summed E-state index contributed by atoms with van der Waals surface area (Å²) in [5, 5.41) is 27.4. The number of aromatic nitrogens is 1. The lowest BCUT2D eigenvalue weighted by atomic mass is 10.0. The van der Waals surface area contributed by atoms with Crippen molar-refractivity contribution in [3.63, 3.8) is 0 Å². The van der Waals surface area contributed by atoms with Crippen LogP contribution in [0.4, 0.5) is 35.4 Å². The number of anilines is 4. The van der Waals surface area contributed by atoms with E-state index in [-0.39, 0.29) is 23.5 Å². The molecule has 1 aromatic heterocycles. The molecule has 0 saturated carbocycles. The average Bonchev–Trinajstić information content (AvgIpc) is 3.38. The van der Waals surface area contributed by atoms with Crippen LogP contribution in [0.15, 0.2) is 42.6 Å². The molecule has 9 nitrogen and oxygen atoms in total. The zero-order valence-corrected chi connectivity index (χ0v) is 21.8. The number of aliphatic hydroxyl groups is 2. The summed E-state index contributed by atoms with van der Waals surface area (Å²) in [5.74, 6) is -1.16. The molecule has 1 aliphatic rings. The van der Waals surface area contributed by atoms with Crippen LogP contribution in [0.3, 0.4) is 0 Å². The quantitative estimate of drug-likeness (QED) is 0.276. The Morgan fingerprint density at radius 1 is 1.10 bits per heavy atom. The van der Waals surface area contributed by atoms with Crippen molar-refractivity contribution in [1.29, 1.82) is 0 Å². The molecule has 1 saturated heterocycles. The van der Waals surface area contributed by atoms with Gasteiger partial charge in [0.1, 0.15) is 4.88 Å². The standard InChI is InChI=1S/C26H28F3N5O4S/c1-15-2-3-18(13-21(15)33-24(38)22-14-31-25(39-22)30-6-9-35)32-23(37)16-10-17(26(27,28)29)12-19(11-16)34-7-4-20(36)5-8-34/h2-3,10-14,20,35-36H,4-9H2,1H3,(H,30,31)(H,32,37)(H,33,38). The second-order valence-electron chi connectivity index (χ2n) is 9.10. The number of hydrogen-bond donors (Lipinski definition) is 5. The normalized spacial score (nSPS) is 14.3. The molecule has 0 unspecified atom stereocenters. The van der Waals surface area contributed by atoms with Crippen LogP contribution in [0.1, 0.15) is 44.0 Å². The van der Waals surface area contributed by atoms with Crippen molar-refractivity contribution in [1.82, 2.24) is 4.98 Å². The molecule has 3 aromatic rings. The van der Waals surface area contributed by atoms with E-state index in [4.69, 9.17) is 5.11 Å². The van der Waals surface area contributed by atoms with E-state index in [2.05, 4.69) is 20.9 Å². The second-order valence-corrected chi connectivity index (χ2v) is 10.1. The van der Waals surface area contributed by atoms with Gasteiger partial charge in [0.15, 0.2) is 5.13 Å². The molecule has 2 amide bonds. The van der Waals surface area contributed by atoms with Crippen LogP contribution in [-0.4, -0.2) is 59.4 Å². The summed E-state index contributed by atoms with van der Waals surface area (Å²) in [4.78, 5) is 31.9. The van der Waals surface area contributed by atoms with Crippen LogP contribution in [0.5, 0.6) is 0 Å². The van der Waals surface area contributed by atoms with Crippen LogP contribution < -0.4 is 20.9 Å². The third-order valence-electron chi connectivity index (χ3n) is 6.20. The molecule has 2 heterocycles. The number of carbonyl (C=O) groups excluding carboxylic acids is 2. The lowest BCUT2D eigenvalue weighted by Gasteiger charge is -2.32. The molecule has 2 aromatic carbocycles. The van der Waals surface area contributed by atoms with E-state index in [1.165, 1.54) is 18.3 Å². The highest BCUT2D eigenvalue weighted by Gasteiger charge is 2.33. The number of alkyl halides is 3. The topological polar surface area (TPSA) is 127 Å². The van der Waals surface area contributed by atoms with Crippen molar-refractivity contribution in [2.24, 2.45) is 0 Å². The average molecular weight is 564 g/mol. The predicted molar refractivity (Wildman–Crippen MR) is 144 cm³/mol. The van der Waals surface area contributed by atoms with Gasteiger partial charge in [-0.05, 0) is 55.7 Å². The van der Waals surface area contributed by atoms with Crippen LogP contribution in [0.2, 0.25) is 0 Å². The Hall–Kier alpha value is -3.68.